The molecule has 5 aliphatic heterocycles. The lowest BCUT2D eigenvalue weighted by atomic mass is 9.92. The molecule has 12 aromatic carbocycles. The average Bonchev–Trinajstić information content (AvgIpc) is 1.57. The van der Waals surface area contributed by atoms with E-state index in [4.69, 9.17) is 4.74 Å². The number of carbonyl (C=O) groups excluding carboxylic acids is 6. The molecule has 14 heteroatoms. The lowest BCUT2D eigenvalue weighted by molar-refractivity contribution is 0.0909. The summed E-state index contributed by atoms with van der Waals surface area (Å²) in [6, 6.07) is 83.7. The molecule has 5 aliphatic rings. The molecule has 6 heterocycles. The second-order valence-electron chi connectivity index (χ2n) is 30.4. The topological polar surface area (TPSA) is 133 Å². The van der Waals surface area contributed by atoms with Crippen LogP contribution in [-0.4, -0.2) is 40.0 Å². The molecule has 0 saturated carbocycles. The van der Waals surface area contributed by atoms with Gasteiger partial charge in [0, 0.05) is 37.6 Å². The first-order chi connectivity index (χ1) is 53.1. The number of aromatic nitrogens is 1. The summed E-state index contributed by atoms with van der Waals surface area (Å²) in [7, 11) is 0. The molecule has 110 heavy (non-hydrogen) atoms. The molecule has 0 unspecified atom stereocenters. The van der Waals surface area contributed by atoms with Crippen molar-refractivity contribution in [1.82, 2.24) is 4.57 Å². The van der Waals surface area contributed by atoms with Gasteiger partial charge in [0.15, 0.2) is 11.5 Å². The molecule has 13 nitrogen and oxygen atoms in total. The van der Waals surface area contributed by atoms with Crippen LogP contribution in [-0.2, 0) is 0 Å². The molecule has 0 fully saturated rings. The number of nitrogens with zero attached hydrogens (tertiary/aromatic N) is 6. The number of amides is 6. The SMILES string of the molecule is CC(C)c1cccc(C(C)C)c1N1C(=O)c2ccc(-n3c4ccccc4c4ccccc43)cc2C1=O.CC(C)c1cccc(C(C)C)c1N1C(=O)c2ccc(N3c4ccccc4Oc4ccccc43)cc2C1=O.CC(C)c1cccc(C(C)C)c1N1C(=O)c2ccc(N3c4ccccc4Sc4ccccc43)cc2C1=O. The van der Waals surface area contributed by atoms with Crippen molar-refractivity contribution in [2.45, 2.75) is 128 Å². The predicted molar refractivity (Wildman–Crippen MR) is 445 cm³/mol. The van der Waals surface area contributed by atoms with Crippen molar-refractivity contribution in [2.75, 3.05) is 24.5 Å². The number of anilines is 9. The first kappa shape index (κ1) is 71.8. The van der Waals surface area contributed by atoms with E-state index in [9.17, 15) is 28.8 Å². The van der Waals surface area contributed by atoms with Gasteiger partial charge in [-0.2, -0.15) is 0 Å². The van der Waals surface area contributed by atoms with Crippen molar-refractivity contribution in [2.24, 2.45) is 0 Å². The Morgan fingerprint density at radius 1 is 0.255 bits per heavy atom. The van der Waals surface area contributed by atoms with Crippen LogP contribution in [0.4, 0.5) is 51.2 Å². The van der Waals surface area contributed by atoms with E-state index in [1.807, 2.05) is 200 Å². The molecule has 13 aromatic rings. The summed E-state index contributed by atoms with van der Waals surface area (Å²) in [6.07, 6.45) is 0. The van der Waals surface area contributed by atoms with Gasteiger partial charge in [-0.05, 0) is 184 Å². The number of rotatable bonds is 12. The number of ether oxygens (including phenoxy) is 1. The maximum absolute atomic E-state index is 14.0. The van der Waals surface area contributed by atoms with Crippen LogP contribution in [0.5, 0.6) is 11.5 Å². The van der Waals surface area contributed by atoms with E-state index in [0.29, 0.717) is 33.4 Å². The first-order valence-corrected chi connectivity index (χ1v) is 38.7. The Balaban J connectivity index is 0.000000125. The minimum absolute atomic E-state index is 0.162. The van der Waals surface area contributed by atoms with Gasteiger partial charge in [-0.1, -0.05) is 234 Å². The summed E-state index contributed by atoms with van der Waals surface area (Å²) >= 11 is 1.74. The van der Waals surface area contributed by atoms with Crippen molar-refractivity contribution >= 4 is 120 Å². The summed E-state index contributed by atoms with van der Waals surface area (Å²) in [5.41, 5.74) is 19.4. The van der Waals surface area contributed by atoms with Crippen LogP contribution < -0.4 is 29.2 Å². The van der Waals surface area contributed by atoms with E-state index in [2.05, 4.69) is 146 Å². The van der Waals surface area contributed by atoms with E-state index in [-0.39, 0.29) is 71.0 Å². The molecule has 0 N–H and O–H groups in total. The Hall–Kier alpha value is -12.4. The van der Waals surface area contributed by atoms with E-state index in [1.54, 1.807) is 17.8 Å². The smallest absolute Gasteiger partial charge is 0.266 e. The maximum Gasteiger partial charge on any atom is 0.266 e. The largest absolute Gasteiger partial charge is 0.453 e. The van der Waals surface area contributed by atoms with E-state index in [1.165, 1.54) is 14.7 Å². The van der Waals surface area contributed by atoms with E-state index < -0.39 is 0 Å². The summed E-state index contributed by atoms with van der Waals surface area (Å²) in [5, 5.41) is 2.31. The Morgan fingerprint density at radius 3 is 0.873 bits per heavy atom. The first-order valence-electron chi connectivity index (χ1n) is 37.9. The highest BCUT2D eigenvalue weighted by atomic mass is 32.2. The monoisotopic (exact) mass is 1460 g/mol. The third-order valence-electron chi connectivity index (χ3n) is 21.5. The molecule has 0 radical (unpaired) electrons. The molecule has 0 aliphatic carbocycles. The van der Waals surface area contributed by atoms with Gasteiger partial charge in [0.1, 0.15) is 0 Å². The molecule has 0 spiro atoms. The minimum atomic E-state index is -0.285. The number of carbonyl (C=O) groups is 6. The lowest BCUT2D eigenvalue weighted by Gasteiger charge is -2.32. The highest BCUT2D eigenvalue weighted by Gasteiger charge is 2.44. The standard InChI is InChI=1S/C32H28N2O3.C32H28N2O2S.C32H28N2O2/c2*1-19(2)22-10-9-11-23(20(3)4)30(22)34-31(35)24-17-16-21(18-25(24)32(34)36)33-26-12-5-7-14-28(26)37-29-15-8-6-13-27(29)33;1-19(2)22-12-9-13-23(20(3)4)30(22)34-31(35)26-17-16-21(18-27(26)32(34)36)33-28-14-7-5-10-24(28)25-11-6-8-15-29(25)33/h2*5-20H,1-4H3;5-20H,1-4H3. The molecular weight excluding hydrogens is 1380 g/mol. The van der Waals surface area contributed by atoms with Gasteiger partial charge in [-0.25, -0.2) is 14.7 Å². The molecule has 18 rings (SSSR count). The zero-order valence-corrected chi connectivity index (χ0v) is 64.5. The number of fused-ring (bicyclic) bond motifs is 10. The Morgan fingerprint density at radius 2 is 0.527 bits per heavy atom. The fraction of sp³-hybridized carbons (Fsp3) is 0.188. The van der Waals surface area contributed by atoms with Crippen LogP contribution in [0.3, 0.4) is 0 Å². The Kier molecular flexibility index (Phi) is 18.7. The van der Waals surface area contributed by atoms with E-state index in [0.717, 1.165) is 133 Å². The molecule has 1 aromatic heterocycles. The van der Waals surface area contributed by atoms with Gasteiger partial charge in [0.25, 0.3) is 35.4 Å². The predicted octanol–water partition coefficient (Wildman–Crippen LogP) is 24.8. The molecule has 6 amide bonds. The van der Waals surface area contributed by atoms with Crippen LogP contribution in [0.2, 0.25) is 0 Å². The van der Waals surface area contributed by atoms with Crippen molar-refractivity contribution in [3.8, 4) is 17.2 Å². The Bertz CT molecular complexity index is 5520. The molecular formula is C96H84N6O7S. The van der Waals surface area contributed by atoms with Crippen molar-refractivity contribution in [3.05, 3.63) is 322 Å². The van der Waals surface area contributed by atoms with Crippen LogP contribution in [0.25, 0.3) is 27.5 Å². The zero-order chi connectivity index (χ0) is 76.8. The molecule has 0 bridgehead atoms. The third-order valence-corrected chi connectivity index (χ3v) is 22.7. The second-order valence-corrected chi connectivity index (χ2v) is 31.5. The van der Waals surface area contributed by atoms with E-state index >= 15 is 0 Å². The zero-order valence-electron chi connectivity index (χ0n) is 63.7. The minimum Gasteiger partial charge on any atom is -0.453 e. The number of para-hydroxylation sites is 11. The lowest BCUT2D eigenvalue weighted by Crippen LogP contribution is -2.31. The quantitative estimate of drug-likeness (QED) is 0.109. The van der Waals surface area contributed by atoms with Gasteiger partial charge in [0.2, 0.25) is 0 Å². The van der Waals surface area contributed by atoms with Gasteiger partial charge in [0.05, 0.1) is 84.2 Å². The van der Waals surface area contributed by atoms with Crippen LogP contribution in [0.1, 0.15) is 214 Å². The maximum atomic E-state index is 14.0. The number of benzene rings is 12. The van der Waals surface area contributed by atoms with Crippen molar-refractivity contribution < 1.29 is 33.5 Å². The number of hydrogen-bond donors (Lipinski definition) is 0. The van der Waals surface area contributed by atoms with Gasteiger partial charge in [-0.15, -0.1) is 0 Å². The normalized spacial score (nSPS) is 14.0. The molecule has 546 valence electrons. The molecule has 0 saturated heterocycles. The van der Waals surface area contributed by atoms with Crippen molar-refractivity contribution in [3.63, 3.8) is 0 Å². The fourth-order valence-corrected chi connectivity index (χ4v) is 17.2. The third kappa shape index (κ3) is 12.0. The Labute approximate surface area is 646 Å². The second kappa shape index (κ2) is 28.6. The highest BCUT2D eigenvalue weighted by Crippen LogP contribution is 2.54. The highest BCUT2D eigenvalue weighted by molar-refractivity contribution is 7.99. The fourth-order valence-electron chi connectivity index (χ4n) is 16.2. The van der Waals surface area contributed by atoms with Crippen LogP contribution in [0, 0.1) is 0 Å². The van der Waals surface area contributed by atoms with Crippen molar-refractivity contribution in [1.29, 1.82) is 0 Å². The van der Waals surface area contributed by atoms with Gasteiger partial charge >= 0.3 is 0 Å². The van der Waals surface area contributed by atoms with Gasteiger partial charge < -0.3 is 19.1 Å². The summed E-state index contributed by atoms with van der Waals surface area (Å²) in [5.74, 6) is 0.914. The molecule has 0 atom stereocenters. The average molecular weight is 1470 g/mol. The number of hydrogen-bond acceptors (Lipinski definition) is 10. The van der Waals surface area contributed by atoms with Crippen LogP contribution >= 0.6 is 11.8 Å². The summed E-state index contributed by atoms with van der Waals surface area (Å²) in [4.78, 5) is 93.7. The number of imide groups is 3. The summed E-state index contributed by atoms with van der Waals surface area (Å²) in [6.45, 7) is 25.2. The van der Waals surface area contributed by atoms with Gasteiger partial charge in [-0.3, -0.25) is 28.8 Å². The summed E-state index contributed by atoms with van der Waals surface area (Å²) < 4.78 is 8.31. The van der Waals surface area contributed by atoms with Crippen LogP contribution in [0.15, 0.2) is 265 Å².